The van der Waals surface area contributed by atoms with Crippen molar-refractivity contribution in [2.24, 2.45) is 0 Å². The van der Waals surface area contributed by atoms with E-state index < -0.39 is 0 Å². The summed E-state index contributed by atoms with van der Waals surface area (Å²) in [6, 6.07) is 19.9. The maximum atomic E-state index is 12.7. The quantitative estimate of drug-likeness (QED) is 0.340. The number of aromatic nitrogens is 4. The summed E-state index contributed by atoms with van der Waals surface area (Å²) in [5, 5.41) is 16.3. The van der Waals surface area contributed by atoms with E-state index in [9.17, 15) is 4.79 Å². The molecule has 0 unspecified atom stereocenters. The highest BCUT2D eigenvalue weighted by atomic mass is 32.2. The summed E-state index contributed by atoms with van der Waals surface area (Å²) in [6.07, 6.45) is 2.29. The largest absolute Gasteiger partial charge is 0.411 e. The molecule has 2 heterocycles. The van der Waals surface area contributed by atoms with Gasteiger partial charge in [0, 0.05) is 17.5 Å². The van der Waals surface area contributed by atoms with E-state index in [-0.39, 0.29) is 17.1 Å². The number of carbonyl (C=O) groups is 1. The van der Waals surface area contributed by atoms with Crippen LogP contribution in [-0.2, 0) is 10.2 Å². The molecule has 5 rings (SSSR count). The average molecular weight is 474 g/mol. The maximum absolute atomic E-state index is 12.7. The number of amides is 1. The van der Waals surface area contributed by atoms with Crippen molar-refractivity contribution in [1.82, 2.24) is 20.0 Å². The van der Waals surface area contributed by atoms with E-state index in [4.69, 9.17) is 9.52 Å². The van der Waals surface area contributed by atoms with Crippen molar-refractivity contribution in [2.75, 3.05) is 11.1 Å². The summed E-state index contributed by atoms with van der Waals surface area (Å²) in [4.78, 5) is 12.7. The van der Waals surface area contributed by atoms with Gasteiger partial charge in [0.25, 0.3) is 5.22 Å². The third kappa shape index (κ3) is 5.07. The fourth-order valence-corrected chi connectivity index (χ4v) is 4.20. The number of thioether (sulfide) groups is 1. The van der Waals surface area contributed by atoms with Crippen molar-refractivity contribution < 1.29 is 9.21 Å². The number of hydrogen-bond donors (Lipinski definition) is 1. The van der Waals surface area contributed by atoms with Crippen LogP contribution in [0.5, 0.6) is 0 Å². The van der Waals surface area contributed by atoms with E-state index in [1.807, 2.05) is 48.5 Å². The van der Waals surface area contributed by atoms with Gasteiger partial charge < -0.3 is 9.73 Å². The minimum absolute atomic E-state index is 0.0804. The van der Waals surface area contributed by atoms with Gasteiger partial charge in [0.1, 0.15) is 5.82 Å². The fraction of sp³-hybridized carbons (Fsp3) is 0.308. The second-order valence-electron chi connectivity index (χ2n) is 9.51. The normalized spacial score (nSPS) is 13.7. The Morgan fingerprint density at radius 2 is 1.82 bits per heavy atom. The van der Waals surface area contributed by atoms with Gasteiger partial charge >= 0.3 is 0 Å². The number of nitrogens with zero attached hydrogens (tertiary/aromatic N) is 4. The van der Waals surface area contributed by atoms with Gasteiger partial charge in [-0.05, 0) is 48.1 Å². The minimum Gasteiger partial charge on any atom is -0.411 e. The predicted octanol–water partition coefficient (Wildman–Crippen LogP) is 5.83. The zero-order valence-corrected chi connectivity index (χ0v) is 20.3. The van der Waals surface area contributed by atoms with Gasteiger partial charge in [-0.25, -0.2) is 4.68 Å². The lowest BCUT2D eigenvalue weighted by Crippen LogP contribution is -2.16. The van der Waals surface area contributed by atoms with Gasteiger partial charge in [-0.3, -0.25) is 4.79 Å². The Balaban J connectivity index is 1.23. The van der Waals surface area contributed by atoms with Crippen molar-refractivity contribution in [3.8, 4) is 17.1 Å². The Morgan fingerprint density at radius 3 is 2.50 bits per heavy atom. The number of anilines is 1. The zero-order valence-electron chi connectivity index (χ0n) is 19.5. The summed E-state index contributed by atoms with van der Waals surface area (Å²) in [5.41, 5.74) is 4.11. The molecule has 1 fully saturated rings. The number of nitrogens with one attached hydrogen (secondary N) is 1. The maximum Gasteiger partial charge on any atom is 0.277 e. The van der Waals surface area contributed by atoms with Crippen molar-refractivity contribution in [1.29, 1.82) is 0 Å². The van der Waals surface area contributed by atoms with Crippen LogP contribution in [0.25, 0.3) is 17.1 Å². The van der Waals surface area contributed by atoms with Gasteiger partial charge in [0.05, 0.1) is 17.1 Å². The summed E-state index contributed by atoms with van der Waals surface area (Å²) in [6.45, 7) is 6.52. The number of carbonyl (C=O) groups excluding carboxylic acids is 1. The van der Waals surface area contributed by atoms with Crippen LogP contribution in [0.4, 0.5) is 5.82 Å². The second-order valence-corrected chi connectivity index (χ2v) is 10.4. The molecule has 0 bridgehead atoms. The summed E-state index contributed by atoms with van der Waals surface area (Å²) < 4.78 is 7.57. The molecule has 0 atom stereocenters. The third-order valence-corrected chi connectivity index (χ3v) is 6.54. The molecule has 1 N–H and O–H groups in total. The molecule has 0 spiro atoms. The van der Waals surface area contributed by atoms with Gasteiger partial charge in [-0.2, -0.15) is 5.10 Å². The molecule has 1 aliphatic carbocycles. The molecule has 2 aromatic heterocycles. The predicted molar refractivity (Wildman–Crippen MR) is 133 cm³/mol. The SMILES string of the molecule is CC(C)(C)c1ccc(-c2nnc(SCC(=O)Nc3cc(C4CC4)nn3-c3ccccc3)o2)cc1. The van der Waals surface area contributed by atoms with Crippen LogP contribution in [0, 0.1) is 0 Å². The van der Waals surface area contributed by atoms with E-state index in [1.165, 1.54) is 17.3 Å². The highest BCUT2D eigenvalue weighted by molar-refractivity contribution is 7.99. The fourth-order valence-electron chi connectivity index (χ4n) is 3.64. The highest BCUT2D eigenvalue weighted by Gasteiger charge is 2.28. The lowest BCUT2D eigenvalue weighted by Gasteiger charge is -2.18. The molecule has 4 aromatic rings. The van der Waals surface area contributed by atoms with Crippen LogP contribution >= 0.6 is 11.8 Å². The first kappa shape index (κ1) is 22.4. The molecule has 174 valence electrons. The minimum atomic E-state index is -0.154. The lowest BCUT2D eigenvalue weighted by atomic mass is 9.87. The van der Waals surface area contributed by atoms with Crippen LogP contribution in [0.3, 0.4) is 0 Å². The molecule has 0 radical (unpaired) electrons. The third-order valence-electron chi connectivity index (χ3n) is 5.72. The van der Waals surface area contributed by atoms with Crippen molar-refractivity contribution >= 4 is 23.5 Å². The smallest absolute Gasteiger partial charge is 0.277 e. The molecular weight excluding hydrogens is 446 g/mol. The van der Waals surface area contributed by atoms with E-state index in [0.717, 1.165) is 29.8 Å². The van der Waals surface area contributed by atoms with Crippen molar-refractivity contribution in [2.45, 2.75) is 50.2 Å². The summed E-state index contributed by atoms with van der Waals surface area (Å²) in [7, 11) is 0. The van der Waals surface area contributed by atoms with Crippen molar-refractivity contribution in [3.05, 3.63) is 71.9 Å². The first-order valence-electron chi connectivity index (χ1n) is 11.4. The number of rotatable bonds is 7. The van der Waals surface area contributed by atoms with Crippen LogP contribution in [-0.4, -0.2) is 31.6 Å². The Hall–Kier alpha value is -3.39. The molecule has 0 saturated heterocycles. The standard InChI is InChI=1S/C26H27N5O2S/c1-26(2,3)19-13-11-18(12-14-19)24-28-29-25(33-24)34-16-23(32)27-22-15-21(17-9-10-17)30-31(22)20-7-5-4-6-8-20/h4-8,11-15,17H,9-10,16H2,1-3H3,(H,27,32). The second kappa shape index (κ2) is 9.10. The molecule has 34 heavy (non-hydrogen) atoms. The van der Waals surface area contributed by atoms with Gasteiger partial charge in [-0.15, -0.1) is 10.2 Å². The van der Waals surface area contributed by atoms with Crippen molar-refractivity contribution in [3.63, 3.8) is 0 Å². The van der Waals surface area contributed by atoms with Gasteiger partial charge in [-0.1, -0.05) is 62.9 Å². The summed E-state index contributed by atoms with van der Waals surface area (Å²) in [5.74, 6) is 1.61. The van der Waals surface area contributed by atoms with Gasteiger partial charge in [0.2, 0.25) is 11.8 Å². The molecule has 1 saturated carbocycles. The topological polar surface area (TPSA) is 85.8 Å². The molecule has 1 amide bonds. The molecule has 8 heteroatoms. The molecule has 7 nitrogen and oxygen atoms in total. The zero-order chi connectivity index (χ0) is 23.7. The Labute approximate surface area is 203 Å². The van der Waals surface area contributed by atoms with Crippen LogP contribution in [0.1, 0.15) is 50.8 Å². The van der Waals surface area contributed by atoms with Crippen LogP contribution < -0.4 is 5.32 Å². The Kier molecular flexibility index (Phi) is 6.00. The first-order valence-corrected chi connectivity index (χ1v) is 12.4. The number of benzene rings is 2. The molecular formula is C26H27N5O2S. The molecule has 2 aromatic carbocycles. The molecule has 1 aliphatic rings. The average Bonchev–Trinajstić information content (AvgIpc) is 3.42. The van der Waals surface area contributed by atoms with E-state index >= 15 is 0 Å². The number of hydrogen-bond acceptors (Lipinski definition) is 6. The van der Waals surface area contributed by atoms with E-state index in [0.29, 0.717) is 22.8 Å². The summed E-state index contributed by atoms with van der Waals surface area (Å²) >= 11 is 1.22. The lowest BCUT2D eigenvalue weighted by molar-refractivity contribution is -0.113. The Bertz CT molecular complexity index is 1280. The van der Waals surface area contributed by atoms with Crippen LogP contribution in [0.2, 0.25) is 0 Å². The monoisotopic (exact) mass is 473 g/mol. The van der Waals surface area contributed by atoms with Gasteiger partial charge in [0.15, 0.2) is 0 Å². The van der Waals surface area contributed by atoms with E-state index in [2.05, 4.69) is 48.4 Å². The van der Waals surface area contributed by atoms with Crippen LogP contribution in [0.15, 0.2) is 70.3 Å². The van der Waals surface area contributed by atoms with E-state index in [1.54, 1.807) is 4.68 Å². The first-order chi connectivity index (χ1) is 16.4. The number of para-hydroxylation sites is 1. The highest BCUT2D eigenvalue weighted by Crippen LogP contribution is 2.40. The molecule has 0 aliphatic heterocycles. The Morgan fingerprint density at radius 1 is 1.09 bits per heavy atom.